The highest BCUT2D eigenvalue weighted by Crippen LogP contribution is 2.07. The molecule has 1 atom stereocenters. The molecule has 0 saturated carbocycles. The molecule has 0 aromatic heterocycles. The third kappa shape index (κ3) is 6.68. The fourth-order valence-electron chi connectivity index (χ4n) is 2.32. The Hall–Kier alpha value is -0.200. The average molecular weight is 274 g/mol. The Bertz CT molecular complexity index is 215. The number of hydrogen-bond acceptors (Lipinski definition) is 5. The minimum absolute atomic E-state index is 0.109. The molecule has 5 nitrogen and oxygen atoms in total. The van der Waals surface area contributed by atoms with Gasteiger partial charge in [-0.15, -0.1) is 0 Å². The number of β-amino-alcohol motifs (C(OH)–C–C–N with tert-alkyl or cyclic N) is 1. The molecule has 1 aliphatic heterocycles. The van der Waals surface area contributed by atoms with Crippen molar-refractivity contribution >= 4 is 0 Å². The first-order valence-corrected chi connectivity index (χ1v) is 7.55. The summed E-state index contributed by atoms with van der Waals surface area (Å²) in [5.41, 5.74) is 0. The lowest BCUT2D eigenvalue weighted by Gasteiger charge is -2.36. The van der Waals surface area contributed by atoms with Crippen LogP contribution < -0.4 is 0 Å². The molecule has 0 aromatic rings. The van der Waals surface area contributed by atoms with E-state index in [2.05, 4.69) is 9.80 Å². The summed E-state index contributed by atoms with van der Waals surface area (Å²) in [6.45, 7) is 13.1. The van der Waals surface area contributed by atoms with Crippen LogP contribution in [0.2, 0.25) is 0 Å². The van der Waals surface area contributed by atoms with Crippen molar-refractivity contribution < 1.29 is 14.6 Å². The molecule has 1 saturated heterocycles. The van der Waals surface area contributed by atoms with E-state index in [0.717, 1.165) is 45.7 Å². The van der Waals surface area contributed by atoms with Crippen molar-refractivity contribution in [3.63, 3.8) is 0 Å². The van der Waals surface area contributed by atoms with E-state index in [0.29, 0.717) is 13.2 Å². The predicted molar refractivity (Wildman–Crippen MR) is 76.2 cm³/mol. The third-order valence-corrected chi connectivity index (χ3v) is 3.52. The lowest BCUT2D eigenvalue weighted by atomic mass is 10.2. The maximum Gasteiger partial charge on any atom is 0.170 e. The van der Waals surface area contributed by atoms with Crippen molar-refractivity contribution in [2.75, 3.05) is 52.5 Å². The number of aliphatic hydroxyl groups is 1. The summed E-state index contributed by atoms with van der Waals surface area (Å²) in [7, 11) is 0. The van der Waals surface area contributed by atoms with Crippen molar-refractivity contribution in [3.05, 3.63) is 0 Å². The van der Waals surface area contributed by atoms with Crippen LogP contribution in [-0.4, -0.2) is 79.8 Å². The minimum atomic E-state index is -0.189. The van der Waals surface area contributed by atoms with Gasteiger partial charge in [-0.25, -0.2) is 0 Å². The Morgan fingerprint density at radius 1 is 0.895 bits per heavy atom. The van der Waals surface area contributed by atoms with Crippen LogP contribution in [0, 0.1) is 0 Å². The highest BCUT2D eigenvalue weighted by Gasteiger charge is 2.21. The molecule has 0 aromatic carbocycles. The Kier molecular flexibility index (Phi) is 8.57. The van der Waals surface area contributed by atoms with E-state index < -0.39 is 0 Å². The normalized spacial score (nSPS) is 20.1. The van der Waals surface area contributed by atoms with E-state index in [1.807, 2.05) is 20.8 Å². The van der Waals surface area contributed by atoms with Crippen molar-refractivity contribution in [1.29, 1.82) is 0 Å². The Balaban J connectivity index is 2.24. The molecule has 0 amide bonds. The Morgan fingerprint density at radius 2 is 1.37 bits per heavy atom. The summed E-state index contributed by atoms with van der Waals surface area (Å²) in [5, 5.41) is 9.67. The van der Waals surface area contributed by atoms with Crippen molar-refractivity contribution in [2.24, 2.45) is 0 Å². The van der Waals surface area contributed by atoms with Crippen LogP contribution in [-0.2, 0) is 9.47 Å². The predicted octanol–water partition coefficient (Wildman–Crippen LogP) is 0.774. The van der Waals surface area contributed by atoms with Gasteiger partial charge in [0.25, 0.3) is 0 Å². The molecule has 0 spiro atoms. The summed E-state index contributed by atoms with van der Waals surface area (Å²) in [5.74, 6) is 0. The number of rotatable bonds is 9. The molecule has 1 N–H and O–H groups in total. The molecule has 0 bridgehead atoms. The summed E-state index contributed by atoms with van der Waals surface area (Å²) >= 11 is 0. The van der Waals surface area contributed by atoms with E-state index in [4.69, 9.17) is 9.47 Å². The number of nitrogens with zero attached hydrogens (tertiary/aromatic N) is 2. The topological polar surface area (TPSA) is 45.2 Å². The standard InChI is InChI=1S/C14H30N2O3/c1-4-13(17)11-15-7-9-16(10-8-15)12-14(18-5-2)19-6-3/h13-14,17H,4-12H2,1-3H3/t13-/m0/s1. The first-order valence-electron chi connectivity index (χ1n) is 7.55. The summed E-state index contributed by atoms with van der Waals surface area (Å²) in [6, 6.07) is 0. The SMILES string of the molecule is CCOC(CN1CCN(C[C@@H](O)CC)CC1)OCC. The molecule has 0 radical (unpaired) electrons. The molecule has 1 fully saturated rings. The molecule has 0 unspecified atom stereocenters. The van der Waals surface area contributed by atoms with Crippen LogP contribution in [0.15, 0.2) is 0 Å². The van der Waals surface area contributed by atoms with Gasteiger partial charge < -0.3 is 14.6 Å². The number of piperazine rings is 1. The monoisotopic (exact) mass is 274 g/mol. The maximum absolute atomic E-state index is 9.67. The van der Waals surface area contributed by atoms with Gasteiger partial charge in [-0.2, -0.15) is 0 Å². The van der Waals surface area contributed by atoms with E-state index in [9.17, 15) is 5.11 Å². The second-order valence-electron chi connectivity index (χ2n) is 5.00. The van der Waals surface area contributed by atoms with E-state index in [-0.39, 0.29) is 12.4 Å². The van der Waals surface area contributed by atoms with Gasteiger partial charge in [-0.3, -0.25) is 9.80 Å². The third-order valence-electron chi connectivity index (χ3n) is 3.52. The molecule has 19 heavy (non-hydrogen) atoms. The van der Waals surface area contributed by atoms with Crippen LogP contribution in [0.1, 0.15) is 27.2 Å². The fourth-order valence-corrected chi connectivity index (χ4v) is 2.32. The van der Waals surface area contributed by atoms with Crippen LogP contribution in [0.25, 0.3) is 0 Å². The zero-order valence-electron chi connectivity index (χ0n) is 12.7. The lowest BCUT2D eigenvalue weighted by Crippen LogP contribution is -2.50. The van der Waals surface area contributed by atoms with Crippen molar-refractivity contribution in [3.8, 4) is 0 Å². The van der Waals surface area contributed by atoms with E-state index in [1.54, 1.807) is 0 Å². The smallest absolute Gasteiger partial charge is 0.170 e. The van der Waals surface area contributed by atoms with Crippen molar-refractivity contribution in [1.82, 2.24) is 9.80 Å². The molecule has 1 heterocycles. The average Bonchev–Trinajstić information content (AvgIpc) is 2.41. The molecule has 1 aliphatic rings. The Labute approximate surface area is 117 Å². The minimum Gasteiger partial charge on any atom is -0.392 e. The van der Waals surface area contributed by atoms with Gasteiger partial charge in [-0.1, -0.05) is 6.92 Å². The van der Waals surface area contributed by atoms with Gasteiger partial charge in [0.05, 0.1) is 6.10 Å². The lowest BCUT2D eigenvalue weighted by molar-refractivity contribution is -0.149. The first-order chi connectivity index (χ1) is 9.19. The van der Waals surface area contributed by atoms with E-state index >= 15 is 0 Å². The Morgan fingerprint density at radius 3 is 1.79 bits per heavy atom. The van der Waals surface area contributed by atoms with Crippen LogP contribution in [0.3, 0.4) is 0 Å². The van der Waals surface area contributed by atoms with Gasteiger partial charge >= 0.3 is 0 Å². The molecule has 0 aliphatic carbocycles. The molecule has 5 heteroatoms. The molecule has 1 rings (SSSR count). The second kappa shape index (κ2) is 9.66. The summed E-state index contributed by atoms with van der Waals surface area (Å²) in [6.07, 6.45) is 0.533. The van der Waals surface area contributed by atoms with E-state index in [1.165, 1.54) is 0 Å². The summed E-state index contributed by atoms with van der Waals surface area (Å²) in [4.78, 5) is 4.71. The quantitative estimate of drug-likeness (QED) is 0.629. The van der Waals surface area contributed by atoms with Crippen LogP contribution in [0.4, 0.5) is 0 Å². The highest BCUT2D eigenvalue weighted by atomic mass is 16.7. The van der Waals surface area contributed by atoms with Gasteiger partial charge in [0, 0.05) is 52.5 Å². The first kappa shape index (κ1) is 16.9. The molecular weight excluding hydrogens is 244 g/mol. The second-order valence-corrected chi connectivity index (χ2v) is 5.00. The van der Waals surface area contributed by atoms with Crippen molar-refractivity contribution in [2.45, 2.75) is 39.6 Å². The van der Waals surface area contributed by atoms with Crippen LogP contribution >= 0.6 is 0 Å². The van der Waals surface area contributed by atoms with Gasteiger partial charge in [0.2, 0.25) is 0 Å². The number of aliphatic hydroxyl groups excluding tert-OH is 1. The number of hydrogen-bond donors (Lipinski definition) is 1. The largest absolute Gasteiger partial charge is 0.392 e. The van der Waals surface area contributed by atoms with Gasteiger partial charge in [-0.05, 0) is 20.3 Å². The van der Waals surface area contributed by atoms with Gasteiger partial charge in [0.1, 0.15) is 0 Å². The zero-order chi connectivity index (χ0) is 14.1. The van der Waals surface area contributed by atoms with Gasteiger partial charge in [0.15, 0.2) is 6.29 Å². The maximum atomic E-state index is 9.67. The molecular formula is C14H30N2O3. The summed E-state index contributed by atoms with van der Waals surface area (Å²) < 4.78 is 11.2. The zero-order valence-corrected chi connectivity index (χ0v) is 12.7. The van der Waals surface area contributed by atoms with Crippen LogP contribution in [0.5, 0.6) is 0 Å². The number of ether oxygens (including phenoxy) is 2. The highest BCUT2D eigenvalue weighted by molar-refractivity contribution is 4.74. The fraction of sp³-hybridized carbons (Fsp3) is 1.00. The molecule has 114 valence electrons.